The molecular formula is C18H25NO2. The molecule has 0 aromatic heterocycles. The summed E-state index contributed by atoms with van der Waals surface area (Å²) in [6, 6.07) is 10.7. The van der Waals surface area contributed by atoms with E-state index < -0.39 is 0 Å². The Balaban J connectivity index is 1.59. The van der Waals surface area contributed by atoms with Crippen molar-refractivity contribution in [1.82, 2.24) is 4.90 Å². The number of piperidine rings is 1. The Morgan fingerprint density at radius 2 is 1.76 bits per heavy atom. The molecule has 0 atom stereocenters. The third-order valence-corrected chi connectivity index (χ3v) is 5.17. The van der Waals surface area contributed by atoms with Gasteiger partial charge in [-0.15, -0.1) is 0 Å². The van der Waals surface area contributed by atoms with Crippen LogP contribution in [0.15, 0.2) is 30.3 Å². The molecule has 2 saturated heterocycles. The first-order valence-corrected chi connectivity index (χ1v) is 8.11. The van der Waals surface area contributed by atoms with Gasteiger partial charge in [-0.25, -0.2) is 0 Å². The molecule has 1 amide bonds. The number of carbonyl (C=O) groups excluding carboxylic acids is 1. The van der Waals surface area contributed by atoms with Crippen LogP contribution in [0.2, 0.25) is 0 Å². The average molecular weight is 287 g/mol. The third kappa shape index (κ3) is 3.13. The van der Waals surface area contributed by atoms with Crippen molar-refractivity contribution in [3.63, 3.8) is 0 Å². The van der Waals surface area contributed by atoms with Crippen LogP contribution in [-0.4, -0.2) is 37.1 Å². The van der Waals surface area contributed by atoms with Crippen molar-refractivity contribution in [2.45, 2.75) is 38.5 Å². The summed E-state index contributed by atoms with van der Waals surface area (Å²) in [4.78, 5) is 14.9. The van der Waals surface area contributed by atoms with Crippen LogP contribution in [0.25, 0.3) is 0 Å². The molecule has 0 bridgehead atoms. The first-order chi connectivity index (χ1) is 10.2. The highest BCUT2D eigenvalue weighted by atomic mass is 16.5. The van der Waals surface area contributed by atoms with Gasteiger partial charge in [0.05, 0.1) is 5.41 Å². The predicted molar refractivity (Wildman–Crippen MR) is 83.2 cm³/mol. The minimum atomic E-state index is -0.197. The zero-order valence-electron chi connectivity index (χ0n) is 12.9. The quantitative estimate of drug-likeness (QED) is 0.836. The minimum Gasteiger partial charge on any atom is -0.381 e. The molecule has 2 heterocycles. The van der Waals surface area contributed by atoms with Crippen LogP contribution in [-0.2, 0) is 9.53 Å². The van der Waals surface area contributed by atoms with Gasteiger partial charge in [0.25, 0.3) is 0 Å². The van der Waals surface area contributed by atoms with Crippen LogP contribution in [0.4, 0.5) is 0 Å². The smallest absolute Gasteiger partial charge is 0.228 e. The number of carbonyl (C=O) groups is 1. The molecular weight excluding hydrogens is 262 g/mol. The van der Waals surface area contributed by atoms with Crippen LogP contribution in [0.1, 0.15) is 44.1 Å². The van der Waals surface area contributed by atoms with Gasteiger partial charge in [0, 0.05) is 26.3 Å². The highest BCUT2D eigenvalue weighted by Crippen LogP contribution is 2.35. The van der Waals surface area contributed by atoms with Gasteiger partial charge in [-0.05, 0) is 37.2 Å². The van der Waals surface area contributed by atoms with Crippen LogP contribution < -0.4 is 0 Å². The maximum Gasteiger partial charge on any atom is 0.228 e. The molecule has 3 nitrogen and oxygen atoms in total. The van der Waals surface area contributed by atoms with Crippen molar-refractivity contribution in [2.75, 3.05) is 26.3 Å². The topological polar surface area (TPSA) is 29.5 Å². The van der Waals surface area contributed by atoms with E-state index in [1.54, 1.807) is 0 Å². The molecule has 21 heavy (non-hydrogen) atoms. The molecule has 1 aromatic carbocycles. The van der Waals surface area contributed by atoms with E-state index in [1.807, 2.05) is 0 Å². The van der Waals surface area contributed by atoms with E-state index >= 15 is 0 Å². The number of likely N-dealkylation sites (tertiary alicyclic amines) is 1. The van der Waals surface area contributed by atoms with E-state index in [0.717, 1.165) is 52.0 Å². The van der Waals surface area contributed by atoms with E-state index in [-0.39, 0.29) is 5.41 Å². The summed E-state index contributed by atoms with van der Waals surface area (Å²) in [5.41, 5.74) is 1.22. The molecule has 3 rings (SSSR count). The average Bonchev–Trinajstić information content (AvgIpc) is 2.56. The summed E-state index contributed by atoms with van der Waals surface area (Å²) >= 11 is 0. The summed E-state index contributed by atoms with van der Waals surface area (Å²) in [5, 5.41) is 0. The van der Waals surface area contributed by atoms with Crippen LogP contribution in [0.3, 0.4) is 0 Å². The zero-order chi connectivity index (χ0) is 14.7. The number of hydrogen-bond donors (Lipinski definition) is 0. The number of benzene rings is 1. The second-order valence-electron chi connectivity index (χ2n) is 6.65. The van der Waals surface area contributed by atoms with E-state index in [2.05, 4.69) is 42.2 Å². The SMILES string of the molecule is CC1(C(=O)N2CCC(c3ccccc3)CC2)CCOCC1. The van der Waals surface area contributed by atoms with Gasteiger partial charge in [-0.1, -0.05) is 37.3 Å². The summed E-state index contributed by atoms with van der Waals surface area (Å²) in [6.45, 7) is 5.36. The Morgan fingerprint density at radius 3 is 2.38 bits per heavy atom. The van der Waals surface area contributed by atoms with E-state index in [0.29, 0.717) is 11.8 Å². The Morgan fingerprint density at radius 1 is 1.14 bits per heavy atom. The third-order valence-electron chi connectivity index (χ3n) is 5.17. The van der Waals surface area contributed by atoms with Gasteiger partial charge in [0.2, 0.25) is 5.91 Å². The number of ether oxygens (including phenoxy) is 1. The normalized spacial score (nSPS) is 23.0. The molecule has 0 unspecified atom stereocenters. The fourth-order valence-electron chi connectivity index (χ4n) is 3.56. The molecule has 2 aliphatic heterocycles. The van der Waals surface area contributed by atoms with Crippen LogP contribution in [0.5, 0.6) is 0 Å². The molecule has 2 aliphatic rings. The highest BCUT2D eigenvalue weighted by molar-refractivity contribution is 5.82. The summed E-state index contributed by atoms with van der Waals surface area (Å²) in [6.07, 6.45) is 3.90. The lowest BCUT2D eigenvalue weighted by Gasteiger charge is -2.40. The van der Waals surface area contributed by atoms with Crippen LogP contribution >= 0.6 is 0 Å². The largest absolute Gasteiger partial charge is 0.381 e. The van der Waals surface area contributed by atoms with Crippen molar-refractivity contribution in [3.05, 3.63) is 35.9 Å². The Kier molecular flexibility index (Phi) is 4.29. The second kappa shape index (κ2) is 6.18. The molecule has 0 radical (unpaired) electrons. The zero-order valence-corrected chi connectivity index (χ0v) is 12.9. The fraction of sp³-hybridized carbons (Fsp3) is 0.611. The summed E-state index contributed by atoms with van der Waals surface area (Å²) in [7, 11) is 0. The minimum absolute atomic E-state index is 0.197. The monoisotopic (exact) mass is 287 g/mol. The lowest BCUT2D eigenvalue weighted by atomic mass is 9.80. The lowest BCUT2D eigenvalue weighted by molar-refractivity contribution is -0.147. The van der Waals surface area contributed by atoms with Gasteiger partial charge in [-0.3, -0.25) is 4.79 Å². The molecule has 0 spiro atoms. The van der Waals surface area contributed by atoms with Gasteiger partial charge in [-0.2, -0.15) is 0 Å². The maximum atomic E-state index is 12.8. The second-order valence-corrected chi connectivity index (χ2v) is 6.65. The van der Waals surface area contributed by atoms with Crippen molar-refractivity contribution in [3.8, 4) is 0 Å². The first kappa shape index (κ1) is 14.6. The molecule has 3 heteroatoms. The van der Waals surface area contributed by atoms with Gasteiger partial charge in [0.15, 0.2) is 0 Å². The standard InChI is InChI=1S/C18H25NO2/c1-18(9-13-21-14-10-18)17(20)19-11-7-16(8-12-19)15-5-3-2-4-6-15/h2-6,16H,7-14H2,1H3. The van der Waals surface area contributed by atoms with E-state index in [9.17, 15) is 4.79 Å². The molecule has 114 valence electrons. The highest BCUT2D eigenvalue weighted by Gasteiger charge is 2.39. The Bertz CT molecular complexity index is 471. The van der Waals surface area contributed by atoms with Gasteiger partial charge in [0.1, 0.15) is 0 Å². The number of nitrogens with zero attached hydrogens (tertiary/aromatic N) is 1. The van der Waals surface area contributed by atoms with Crippen molar-refractivity contribution >= 4 is 5.91 Å². The Labute approximate surface area is 127 Å². The maximum absolute atomic E-state index is 12.8. The van der Waals surface area contributed by atoms with Crippen LogP contribution in [0, 0.1) is 5.41 Å². The molecule has 0 N–H and O–H groups in total. The first-order valence-electron chi connectivity index (χ1n) is 8.11. The van der Waals surface area contributed by atoms with Crippen molar-refractivity contribution in [1.29, 1.82) is 0 Å². The molecule has 2 fully saturated rings. The fourth-order valence-corrected chi connectivity index (χ4v) is 3.56. The summed E-state index contributed by atoms with van der Waals surface area (Å²) < 4.78 is 5.41. The number of rotatable bonds is 2. The van der Waals surface area contributed by atoms with Crippen molar-refractivity contribution < 1.29 is 9.53 Å². The molecule has 1 aromatic rings. The molecule has 0 aliphatic carbocycles. The lowest BCUT2D eigenvalue weighted by Crippen LogP contribution is -2.48. The van der Waals surface area contributed by atoms with Gasteiger partial charge >= 0.3 is 0 Å². The predicted octanol–water partition coefficient (Wildman–Crippen LogP) is 3.21. The van der Waals surface area contributed by atoms with E-state index in [4.69, 9.17) is 4.74 Å². The number of hydrogen-bond acceptors (Lipinski definition) is 2. The number of amides is 1. The van der Waals surface area contributed by atoms with Gasteiger partial charge < -0.3 is 9.64 Å². The van der Waals surface area contributed by atoms with E-state index in [1.165, 1.54) is 5.56 Å². The summed E-state index contributed by atoms with van der Waals surface area (Å²) in [5.74, 6) is 0.954. The Hall–Kier alpha value is -1.35. The van der Waals surface area contributed by atoms with Crippen molar-refractivity contribution in [2.24, 2.45) is 5.41 Å². The molecule has 0 saturated carbocycles.